The molecule has 0 aromatic heterocycles. The number of fused-ring (bicyclic) bond motifs is 1. The van der Waals surface area contributed by atoms with Gasteiger partial charge in [0.1, 0.15) is 0 Å². The number of likely N-dealkylation sites (N-methyl/N-ethyl adjacent to an activating group) is 1. The summed E-state index contributed by atoms with van der Waals surface area (Å²) in [6.45, 7) is 0. The normalized spacial score (nSPS) is 15.6. The summed E-state index contributed by atoms with van der Waals surface area (Å²) in [5.74, 6) is -0.620. The van der Waals surface area contributed by atoms with Gasteiger partial charge in [0.05, 0.1) is 23.9 Å². The van der Waals surface area contributed by atoms with Crippen LogP contribution in [-0.4, -0.2) is 26.0 Å². The smallest absolute Gasteiger partial charge is 0.337 e. The van der Waals surface area contributed by atoms with Crippen molar-refractivity contribution in [2.24, 2.45) is 0 Å². The van der Waals surface area contributed by atoms with E-state index in [2.05, 4.69) is 0 Å². The van der Waals surface area contributed by atoms with Gasteiger partial charge < -0.3 is 9.64 Å². The summed E-state index contributed by atoms with van der Waals surface area (Å²) in [6, 6.07) is 17.0. The Morgan fingerprint density at radius 3 is 2.42 bits per heavy atom. The van der Waals surface area contributed by atoms with Crippen LogP contribution in [0.5, 0.6) is 0 Å². The topological polar surface area (TPSA) is 46.6 Å². The fourth-order valence-corrected chi connectivity index (χ4v) is 2.70. The first-order chi connectivity index (χ1) is 11.6. The molecular weight excluding hydrogens is 302 g/mol. The Hall–Kier alpha value is -3.14. The van der Waals surface area contributed by atoms with Crippen molar-refractivity contribution in [3.63, 3.8) is 0 Å². The van der Waals surface area contributed by atoms with E-state index >= 15 is 0 Å². The van der Waals surface area contributed by atoms with Crippen LogP contribution in [0, 0.1) is 0 Å². The highest BCUT2D eigenvalue weighted by atomic mass is 16.5. The lowest BCUT2D eigenvalue weighted by Crippen LogP contribution is -2.20. The first kappa shape index (κ1) is 15.7. The maximum absolute atomic E-state index is 12.5. The molecule has 0 N–H and O–H groups in total. The number of methoxy groups -OCH3 is 1. The zero-order valence-electron chi connectivity index (χ0n) is 13.5. The Morgan fingerprint density at radius 1 is 1.04 bits per heavy atom. The molecule has 24 heavy (non-hydrogen) atoms. The molecule has 2 aromatic carbocycles. The second kappa shape index (κ2) is 6.54. The summed E-state index contributed by atoms with van der Waals surface area (Å²) in [7, 11) is 3.05. The van der Waals surface area contributed by atoms with E-state index in [0.29, 0.717) is 11.1 Å². The van der Waals surface area contributed by atoms with E-state index in [0.717, 1.165) is 16.8 Å². The SMILES string of the molecule is COC(=O)C(=C/c1ccccc1)/C=C1/C(=O)N(C)c2ccccc21. The molecule has 0 saturated heterocycles. The van der Waals surface area contributed by atoms with E-state index < -0.39 is 5.97 Å². The van der Waals surface area contributed by atoms with E-state index in [-0.39, 0.29) is 5.91 Å². The van der Waals surface area contributed by atoms with Gasteiger partial charge in [0.2, 0.25) is 0 Å². The van der Waals surface area contributed by atoms with Gasteiger partial charge in [-0.3, -0.25) is 4.79 Å². The molecule has 0 aliphatic carbocycles. The molecule has 1 aliphatic rings. The average Bonchev–Trinajstić information content (AvgIpc) is 2.86. The van der Waals surface area contributed by atoms with E-state index in [4.69, 9.17) is 4.74 Å². The van der Waals surface area contributed by atoms with E-state index in [1.165, 1.54) is 7.11 Å². The molecular formula is C20H17NO3. The summed E-state index contributed by atoms with van der Waals surface area (Å²) in [5, 5.41) is 0. The maximum atomic E-state index is 12.5. The second-order valence-corrected chi connectivity index (χ2v) is 5.44. The lowest BCUT2D eigenvalue weighted by Gasteiger charge is -2.08. The Labute approximate surface area is 140 Å². The first-order valence-corrected chi connectivity index (χ1v) is 7.56. The molecule has 4 heteroatoms. The fourth-order valence-electron chi connectivity index (χ4n) is 2.70. The Bertz CT molecular complexity index is 850. The molecule has 0 saturated carbocycles. The van der Waals surface area contributed by atoms with E-state index in [1.807, 2.05) is 54.6 Å². The van der Waals surface area contributed by atoms with E-state index in [1.54, 1.807) is 24.1 Å². The number of carbonyl (C=O) groups excluding carboxylic acids is 2. The van der Waals surface area contributed by atoms with Crippen LogP contribution in [-0.2, 0) is 14.3 Å². The van der Waals surface area contributed by atoms with Crippen molar-refractivity contribution >= 4 is 29.2 Å². The summed E-state index contributed by atoms with van der Waals surface area (Å²) in [5.41, 5.74) is 3.32. The molecule has 0 radical (unpaired) electrons. The minimum absolute atomic E-state index is 0.140. The standard InChI is InChI=1S/C20H17NO3/c1-21-18-11-7-6-10-16(18)17(19(21)22)13-15(20(23)24-2)12-14-8-4-3-5-9-14/h3-13H,1-2H3/b15-12+,17-13+. The van der Waals surface area contributed by atoms with Gasteiger partial charge in [0.15, 0.2) is 0 Å². The molecule has 3 rings (SSSR count). The molecule has 2 aromatic rings. The molecule has 1 amide bonds. The zero-order valence-corrected chi connectivity index (χ0v) is 13.5. The minimum Gasteiger partial charge on any atom is -0.465 e. The number of hydrogen-bond acceptors (Lipinski definition) is 3. The van der Waals surface area contributed by atoms with Gasteiger partial charge in [0, 0.05) is 12.6 Å². The molecule has 0 spiro atoms. The number of carbonyl (C=O) groups is 2. The number of benzene rings is 2. The molecule has 4 nitrogen and oxygen atoms in total. The average molecular weight is 319 g/mol. The molecule has 0 bridgehead atoms. The molecule has 0 unspecified atom stereocenters. The molecule has 1 heterocycles. The number of anilines is 1. The van der Waals surface area contributed by atoms with Crippen molar-refractivity contribution < 1.29 is 14.3 Å². The third kappa shape index (κ3) is 2.86. The summed E-state index contributed by atoms with van der Waals surface area (Å²) >= 11 is 0. The van der Waals surface area contributed by atoms with Crippen LogP contribution in [0.2, 0.25) is 0 Å². The van der Waals surface area contributed by atoms with Gasteiger partial charge in [-0.15, -0.1) is 0 Å². The number of hydrogen-bond donors (Lipinski definition) is 0. The van der Waals surface area contributed by atoms with Gasteiger partial charge >= 0.3 is 5.97 Å². The van der Waals surface area contributed by atoms with Gasteiger partial charge in [0.25, 0.3) is 5.91 Å². The first-order valence-electron chi connectivity index (χ1n) is 7.56. The third-order valence-corrected chi connectivity index (χ3v) is 3.93. The predicted octanol–water partition coefficient (Wildman–Crippen LogP) is 3.30. The molecule has 0 atom stereocenters. The lowest BCUT2D eigenvalue weighted by atomic mass is 10.0. The van der Waals surface area contributed by atoms with Crippen LogP contribution >= 0.6 is 0 Å². The molecule has 1 aliphatic heterocycles. The molecule has 0 fully saturated rings. The highest BCUT2D eigenvalue weighted by molar-refractivity contribution is 6.33. The lowest BCUT2D eigenvalue weighted by molar-refractivity contribution is -0.135. The maximum Gasteiger partial charge on any atom is 0.337 e. The van der Waals surface area contributed by atoms with Crippen molar-refractivity contribution in [3.05, 3.63) is 77.4 Å². The largest absolute Gasteiger partial charge is 0.465 e. The number of rotatable bonds is 3. The van der Waals surface area contributed by atoms with Gasteiger partial charge in [-0.25, -0.2) is 4.79 Å². The van der Waals surface area contributed by atoms with E-state index in [9.17, 15) is 9.59 Å². The van der Waals surface area contributed by atoms with Gasteiger partial charge in [-0.2, -0.15) is 0 Å². The van der Waals surface area contributed by atoms with Crippen LogP contribution < -0.4 is 4.90 Å². The number of nitrogens with zero attached hydrogens (tertiary/aromatic N) is 1. The molecule has 120 valence electrons. The third-order valence-electron chi connectivity index (χ3n) is 3.93. The minimum atomic E-state index is -0.480. The highest BCUT2D eigenvalue weighted by Gasteiger charge is 2.29. The monoisotopic (exact) mass is 319 g/mol. The van der Waals surface area contributed by atoms with Crippen LogP contribution in [0.4, 0.5) is 5.69 Å². The Morgan fingerprint density at radius 2 is 1.71 bits per heavy atom. The highest BCUT2D eigenvalue weighted by Crippen LogP contribution is 2.36. The van der Waals surface area contributed by atoms with Crippen molar-refractivity contribution in [1.29, 1.82) is 0 Å². The van der Waals surface area contributed by atoms with Crippen LogP contribution in [0.25, 0.3) is 11.6 Å². The summed E-state index contributed by atoms with van der Waals surface area (Å²) in [4.78, 5) is 26.3. The predicted molar refractivity (Wildman–Crippen MR) is 94.3 cm³/mol. The zero-order chi connectivity index (χ0) is 17.1. The number of esters is 1. The number of para-hydroxylation sites is 1. The van der Waals surface area contributed by atoms with Crippen LogP contribution in [0.1, 0.15) is 11.1 Å². The van der Waals surface area contributed by atoms with Crippen LogP contribution in [0.3, 0.4) is 0 Å². The van der Waals surface area contributed by atoms with Crippen molar-refractivity contribution in [3.8, 4) is 0 Å². The van der Waals surface area contributed by atoms with Crippen molar-refractivity contribution in [1.82, 2.24) is 0 Å². The Balaban J connectivity index is 2.10. The quantitative estimate of drug-likeness (QED) is 0.644. The number of amides is 1. The van der Waals surface area contributed by atoms with Crippen molar-refractivity contribution in [2.75, 3.05) is 19.1 Å². The number of ether oxygens (including phenoxy) is 1. The summed E-state index contributed by atoms with van der Waals surface area (Å²) < 4.78 is 4.87. The van der Waals surface area contributed by atoms with Crippen LogP contribution in [0.15, 0.2) is 66.2 Å². The summed E-state index contributed by atoms with van der Waals surface area (Å²) in [6.07, 6.45) is 3.32. The van der Waals surface area contributed by atoms with Gasteiger partial charge in [-0.1, -0.05) is 48.5 Å². The fraction of sp³-hybridized carbons (Fsp3) is 0.100. The Kier molecular flexibility index (Phi) is 4.29. The second-order valence-electron chi connectivity index (χ2n) is 5.44. The van der Waals surface area contributed by atoms with Crippen molar-refractivity contribution in [2.45, 2.75) is 0 Å². The van der Waals surface area contributed by atoms with Gasteiger partial charge in [-0.05, 0) is 23.8 Å².